The minimum absolute atomic E-state index is 0.0415. The summed E-state index contributed by atoms with van der Waals surface area (Å²) in [5.41, 5.74) is 0.202. The Morgan fingerprint density at radius 1 is 1.24 bits per heavy atom. The van der Waals surface area contributed by atoms with E-state index in [-0.39, 0.29) is 5.69 Å². The van der Waals surface area contributed by atoms with Gasteiger partial charge in [-0.1, -0.05) is 6.07 Å². The molecule has 0 radical (unpaired) electrons. The molecule has 1 aromatic heterocycles. The van der Waals surface area contributed by atoms with Crippen molar-refractivity contribution in [3.63, 3.8) is 0 Å². The topological polar surface area (TPSA) is 121 Å². The van der Waals surface area contributed by atoms with Gasteiger partial charge in [-0.15, -0.1) is 0 Å². The van der Waals surface area contributed by atoms with Gasteiger partial charge < -0.3 is 10.3 Å². The average molecular weight is 308 g/mol. The highest BCUT2D eigenvalue weighted by molar-refractivity contribution is 7.92. The van der Waals surface area contributed by atoms with Crippen LogP contribution < -0.4 is 15.6 Å². The Kier molecular flexibility index (Phi) is 4.03. The molecule has 3 N–H and O–H groups in total. The van der Waals surface area contributed by atoms with Gasteiger partial charge >= 0.3 is 0 Å². The number of aromatic amines is 1. The van der Waals surface area contributed by atoms with Crippen LogP contribution in [0.2, 0.25) is 0 Å². The van der Waals surface area contributed by atoms with Crippen LogP contribution in [0.25, 0.3) is 0 Å². The summed E-state index contributed by atoms with van der Waals surface area (Å²) in [5.74, 6) is -0.572. The second kappa shape index (κ2) is 5.75. The van der Waals surface area contributed by atoms with E-state index in [2.05, 4.69) is 20.0 Å². The van der Waals surface area contributed by atoms with Crippen molar-refractivity contribution in [3.8, 4) is 0 Å². The number of carbonyl (C=O) groups is 1. The first-order chi connectivity index (χ1) is 9.83. The predicted molar refractivity (Wildman–Crippen MR) is 77.7 cm³/mol. The SMILES string of the molecule is CS(=O)(=O)Nc1cccc(NC(=O)c2cc(=O)[nH]cn2)c1. The molecule has 9 heteroatoms. The van der Waals surface area contributed by atoms with E-state index in [0.29, 0.717) is 11.4 Å². The van der Waals surface area contributed by atoms with Gasteiger partial charge in [0.25, 0.3) is 11.5 Å². The summed E-state index contributed by atoms with van der Waals surface area (Å²) in [5, 5.41) is 2.52. The van der Waals surface area contributed by atoms with Gasteiger partial charge in [-0.05, 0) is 18.2 Å². The zero-order valence-electron chi connectivity index (χ0n) is 11.0. The predicted octanol–water partition coefficient (Wildman–Crippen LogP) is 0.394. The summed E-state index contributed by atoms with van der Waals surface area (Å²) in [7, 11) is -3.40. The number of aromatic nitrogens is 2. The van der Waals surface area contributed by atoms with Gasteiger partial charge in [0.05, 0.1) is 18.3 Å². The van der Waals surface area contributed by atoms with Crippen LogP contribution in [0.15, 0.2) is 41.5 Å². The first-order valence-corrected chi connectivity index (χ1v) is 7.66. The molecule has 0 saturated carbocycles. The molecule has 0 aliphatic carbocycles. The number of nitrogens with zero attached hydrogens (tertiary/aromatic N) is 1. The fraction of sp³-hybridized carbons (Fsp3) is 0.0833. The number of benzene rings is 1. The molecular weight excluding hydrogens is 296 g/mol. The van der Waals surface area contributed by atoms with Crippen LogP contribution in [0, 0.1) is 0 Å². The highest BCUT2D eigenvalue weighted by atomic mass is 32.2. The van der Waals surface area contributed by atoms with Crippen LogP contribution in [0.5, 0.6) is 0 Å². The first kappa shape index (κ1) is 14.7. The van der Waals surface area contributed by atoms with Crippen LogP contribution in [0.4, 0.5) is 11.4 Å². The molecule has 2 aromatic rings. The highest BCUT2D eigenvalue weighted by Gasteiger charge is 2.09. The summed E-state index contributed by atoms with van der Waals surface area (Å²) >= 11 is 0. The molecule has 0 atom stereocenters. The third-order valence-electron chi connectivity index (χ3n) is 2.33. The van der Waals surface area contributed by atoms with E-state index in [0.717, 1.165) is 18.6 Å². The minimum atomic E-state index is -3.40. The number of nitrogens with one attached hydrogen (secondary N) is 3. The molecule has 0 fully saturated rings. The quantitative estimate of drug-likeness (QED) is 0.754. The van der Waals surface area contributed by atoms with Gasteiger partial charge in [0.15, 0.2) is 0 Å². The van der Waals surface area contributed by atoms with Crippen molar-refractivity contribution in [2.24, 2.45) is 0 Å². The number of hydrogen-bond donors (Lipinski definition) is 3. The van der Waals surface area contributed by atoms with Crippen LogP contribution in [0.3, 0.4) is 0 Å². The number of hydrogen-bond acceptors (Lipinski definition) is 5. The normalized spacial score (nSPS) is 10.9. The van der Waals surface area contributed by atoms with Gasteiger partial charge in [-0.3, -0.25) is 14.3 Å². The summed E-state index contributed by atoms with van der Waals surface area (Å²) in [6, 6.07) is 7.22. The maximum absolute atomic E-state index is 11.9. The minimum Gasteiger partial charge on any atom is -0.321 e. The Bertz CT molecular complexity index is 829. The second-order valence-electron chi connectivity index (χ2n) is 4.21. The maximum Gasteiger partial charge on any atom is 0.274 e. The highest BCUT2D eigenvalue weighted by Crippen LogP contribution is 2.16. The van der Waals surface area contributed by atoms with E-state index in [1.165, 1.54) is 6.07 Å². The number of H-pyrrole nitrogens is 1. The summed E-state index contributed by atoms with van der Waals surface area (Å²) < 4.78 is 24.6. The number of rotatable bonds is 4. The average Bonchev–Trinajstić information content (AvgIpc) is 2.37. The van der Waals surface area contributed by atoms with Crippen molar-refractivity contribution < 1.29 is 13.2 Å². The van der Waals surface area contributed by atoms with Crippen LogP contribution in [-0.4, -0.2) is 30.5 Å². The molecular formula is C12H12N4O4S. The van der Waals surface area contributed by atoms with Gasteiger partial charge in [-0.25, -0.2) is 13.4 Å². The van der Waals surface area contributed by atoms with E-state index < -0.39 is 21.5 Å². The van der Waals surface area contributed by atoms with Gasteiger partial charge in [0.1, 0.15) is 5.69 Å². The number of sulfonamides is 1. The lowest BCUT2D eigenvalue weighted by Gasteiger charge is -2.07. The first-order valence-electron chi connectivity index (χ1n) is 5.77. The Hall–Kier alpha value is -2.68. The van der Waals surface area contributed by atoms with Crippen LogP contribution in [-0.2, 0) is 10.0 Å². The summed E-state index contributed by atoms with van der Waals surface area (Å²) in [6.45, 7) is 0. The van der Waals surface area contributed by atoms with Crippen molar-refractivity contribution in [1.82, 2.24) is 9.97 Å². The van der Waals surface area contributed by atoms with E-state index in [1.54, 1.807) is 18.2 Å². The molecule has 2 rings (SSSR count). The number of anilines is 2. The Balaban J connectivity index is 2.18. The molecule has 0 aliphatic heterocycles. The fourth-order valence-corrected chi connectivity index (χ4v) is 2.12. The van der Waals surface area contributed by atoms with E-state index in [4.69, 9.17) is 0 Å². The van der Waals surface area contributed by atoms with Crippen molar-refractivity contribution >= 4 is 27.3 Å². The van der Waals surface area contributed by atoms with Crippen LogP contribution in [0.1, 0.15) is 10.5 Å². The molecule has 0 aliphatic rings. The van der Waals surface area contributed by atoms with Gasteiger partial charge in [0.2, 0.25) is 10.0 Å². The van der Waals surface area contributed by atoms with Crippen LogP contribution >= 0.6 is 0 Å². The van der Waals surface area contributed by atoms with Crippen molar-refractivity contribution in [1.29, 1.82) is 0 Å². The lowest BCUT2D eigenvalue weighted by atomic mass is 10.2. The smallest absolute Gasteiger partial charge is 0.274 e. The van der Waals surface area contributed by atoms with E-state index >= 15 is 0 Å². The fourth-order valence-electron chi connectivity index (χ4n) is 1.56. The Morgan fingerprint density at radius 2 is 1.95 bits per heavy atom. The monoisotopic (exact) mass is 308 g/mol. The lowest BCUT2D eigenvalue weighted by molar-refractivity contribution is 0.102. The van der Waals surface area contributed by atoms with E-state index in [9.17, 15) is 18.0 Å². The molecule has 0 saturated heterocycles. The zero-order chi connectivity index (χ0) is 15.5. The molecule has 0 bridgehead atoms. The molecule has 1 heterocycles. The van der Waals surface area contributed by atoms with Gasteiger partial charge in [0, 0.05) is 11.8 Å². The Morgan fingerprint density at radius 3 is 2.62 bits per heavy atom. The third-order valence-corrected chi connectivity index (χ3v) is 2.94. The van der Waals surface area contributed by atoms with Crippen molar-refractivity contribution in [2.75, 3.05) is 16.3 Å². The second-order valence-corrected chi connectivity index (χ2v) is 5.95. The molecule has 0 unspecified atom stereocenters. The molecule has 0 spiro atoms. The number of amides is 1. The van der Waals surface area contributed by atoms with Gasteiger partial charge in [-0.2, -0.15) is 0 Å². The molecule has 21 heavy (non-hydrogen) atoms. The standard InChI is InChI=1S/C12H12N4O4S/c1-21(19,20)16-9-4-2-3-8(5-9)15-12(18)10-6-11(17)14-7-13-10/h2-7,16H,1H3,(H,15,18)(H,13,14,17). The molecule has 1 aromatic carbocycles. The van der Waals surface area contributed by atoms with Crippen molar-refractivity contribution in [2.45, 2.75) is 0 Å². The van der Waals surface area contributed by atoms with Crippen molar-refractivity contribution in [3.05, 3.63) is 52.7 Å². The molecule has 8 nitrogen and oxygen atoms in total. The lowest BCUT2D eigenvalue weighted by Crippen LogP contribution is -2.18. The zero-order valence-corrected chi connectivity index (χ0v) is 11.8. The third kappa shape index (κ3) is 4.42. The largest absolute Gasteiger partial charge is 0.321 e. The summed E-state index contributed by atoms with van der Waals surface area (Å²) in [6.07, 6.45) is 2.15. The molecule has 110 valence electrons. The summed E-state index contributed by atoms with van der Waals surface area (Å²) in [4.78, 5) is 29.0. The molecule has 1 amide bonds. The number of carbonyl (C=O) groups excluding carboxylic acids is 1. The maximum atomic E-state index is 11.9. The Labute approximate surface area is 120 Å². The van der Waals surface area contributed by atoms with E-state index in [1.807, 2.05) is 0 Å².